The lowest BCUT2D eigenvalue weighted by molar-refractivity contribution is -0.143. The minimum Gasteiger partial charge on any atom is -0.508 e. The summed E-state index contributed by atoms with van der Waals surface area (Å²) in [6, 6.07) is 9.93. The fourth-order valence-electron chi connectivity index (χ4n) is 5.30. The second-order valence-corrected chi connectivity index (χ2v) is 8.40. The van der Waals surface area contributed by atoms with Crippen molar-refractivity contribution in [2.24, 2.45) is 11.8 Å². The first-order chi connectivity index (χ1) is 15.4. The van der Waals surface area contributed by atoms with Crippen molar-refractivity contribution >= 4 is 23.4 Å². The molecule has 0 unspecified atom stereocenters. The summed E-state index contributed by atoms with van der Waals surface area (Å²) >= 11 is 0. The number of carbonyl (C=O) groups excluding carboxylic acids is 3. The number of carbonyl (C=O) groups is 3. The average Bonchev–Trinajstić information content (AvgIpc) is 3.34. The molecule has 3 aliphatic rings. The van der Waals surface area contributed by atoms with Gasteiger partial charge in [0.2, 0.25) is 17.7 Å². The van der Waals surface area contributed by atoms with Crippen molar-refractivity contribution in [3.8, 4) is 5.75 Å². The Hall–Kier alpha value is -3.30. The molecule has 8 nitrogen and oxygen atoms in total. The number of benzene rings is 2. The number of phenols is 1. The van der Waals surface area contributed by atoms with Gasteiger partial charge in [-0.25, -0.2) is 4.39 Å². The highest BCUT2D eigenvalue weighted by Crippen LogP contribution is 2.53. The maximum Gasteiger partial charge on any atom is 0.250 e. The first-order valence-corrected chi connectivity index (χ1v) is 10.4. The highest BCUT2D eigenvalue weighted by molar-refractivity contribution is 6.15. The molecule has 0 aliphatic carbocycles. The van der Waals surface area contributed by atoms with Gasteiger partial charge in [-0.3, -0.25) is 24.6 Å². The lowest BCUT2D eigenvalue weighted by Gasteiger charge is -2.29. The van der Waals surface area contributed by atoms with Crippen LogP contribution in [0.3, 0.4) is 0 Å². The van der Waals surface area contributed by atoms with E-state index in [1.165, 1.54) is 37.4 Å². The molecule has 2 aromatic rings. The molecule has 2 saturated heterocycles. The smallest absolute Gasteiger partial charge is 0.250 e. The maximum atomic E-state index is 14.2. The molecule has 166 valence electrons. The Morgan fingerprint density at radius 1 is 1.12 bits per heavy atom. The number of imide groups is 1. The van der Waals surface area contributed by atoms with E-state index in [9.17, 15) is 23.9 Å². The van der Waals surface area contributed by atoms with Gasteiger partial charge in [0.05, 0.1) is 25.0 Å². The number of rotatable bonds is 5. The molecular formula is C23H22FN3O5. The molecule has 9 heteroatoms. The van der Waals surface area contributed by atoms with E-state index in [-0.39, 0.29) is 24.8 Å². The molecule has 3 aliphatic heterocycles. The number of hydrogen-bond donors (Lipinski definition) is 3. The maximum absolute atomic E-state index is 14.2. The summed E-state index contributed by atoms with van der Waals surface area (Å²) in [6.45, 7) is 0.262. The van der Waals surface area contributed by atoms with E-state index in [1.54, 1.807) is 12.1 Å². The van der Waals surface area contributed by atoms with Crippen LogP contribution in [0.1, 0.15) is 11.1 Å². The first kappa shape index (κ1) is 20.6. The molecular weight excluding hydrogens is 417 g/mol. The Kier molecular flexibility index (Phi) is 4.75. The van der Waals surface area contributed by atoms with Gasteiger partial charge in [-0.2, -0.15) is 0 Å². The number of methoxy groups -OCH3 is 1. The Morgan fingerprint density at radius 3 is 2.59 bits per heavy atom. The number of likely N-dealkylation sites (tertiary alicyclic amines) is 1. The molecule has 0 bridgehead atoms. The minimum absolute atomic E-state index is 0.0841. The van der Waals surface area contributed by atoms with Crippen LogP contribution in [0.4, 0.5) is 10.1 Å². The zero-order valence-corrected chi connectivity index (χ0v) is 17.3. The van der Waals surface area contributed by atoms with E-state index in [0.717, 1.165) is 10.5 Å². The van der Waals surface area contributed by atoms with Crippen LogP contribution in [0.15, 0.2) is 42.5 Å². The van der Waals surface area contributed by atoms with Gasteiger partial charge in [-0.15, -0.1) is 0 Å². The zero-order valence-electron chi connectivity index (χ0n) is 17.3. The van der Waals surface area contributed by atoms with Crippen LogP contribution in [-0.4, -0.2) is 54.0 Å². The predicted molar refractivity (Wildman–Crippen MR) is 111 cm³/mol. The number of hydrogen-bond acceptors (Lipinski definition) is 6. The van der Waals surface area contributed by atoms with Crippen LogP contribution in [0.25, 0.3) is 0 Å². The second kappa shape index (κ2) is 7.39. The highest BCUT2D eigenvalue weighted by atomic mass is 19.1. The van der Waals surface area contributed by atoms with Crippen LogP contribution >= 0.6 is 0 Å². The summed E-state index contributed by atoms with van der Waals surface area (Å²) in [5.74, 6) is -3.54. The van der Waals surface area contributed by atoms with Gasteiger partial charge in [-0.05, 0) is 42.3 Å². The number of aromatic hydroxyl groups is 1. The van der Waals surface area contributed by atoms with E-state index >= 15 is 0 Å². The Bertz CT molecular complexity index is 1120. The summed E-state index contributed by atoms with van der Waals surface area (Å²) in [5, 5.41) is 15.6. The quantitative estimate of drug-likeness (QED) is 0.603. The number of fused-ring (bicyclic) bond motifs is 4. The topological polar surface area (TPSA) is 108 Å². The summed E-state index contributed by atoms with van der Waals surface area (Å²) in [7, 11) is 1.48. The standard InChI is InChI=1S/C23H22FN3O5/c1-32-9-8-27-20(29)18-17(10-12-2-5-14(28)6-3-12)26-23(19(18)21(27)30)15-11-13(24)4-7-16(15)25-22(23)31/h2-7,11,17-19,26,28H,8-10H2,1H3,(H,25,31)/t17-,18-,19+,23+/m1/s1. The van der Waals surface area contributed by atoms with E-state index in [1.807, 2.05) is 0 Å². The Morgan fingerprint density at radius 2 is 1.88 bits per heavy atom. The zero-order chi connectivity index (χ0) is 22.6. The number of halogens is 1. The molecule has 3 amide bonds. The number of amides is 3. The van der Waals surface area contributed by atoms with Crippen LogP contribution in [0.5, 0.6) is 5.75 Å². The highest BCUT2D eigenvalue weighted by Gasteiger charge is 2.70. The summed E-state index contributed by atoms with van der Waals surface area (Å²) in [4.78, 5) is 41.2. The van der Waals surface area contributed by atoms with Crippen molar-refractivity contribution < 1.29 is 28.6 Å². The molecule has 3 heterocycles. The fraction of sp³-hybridized carbons (Fsp3) is 0.348. The van der Waals surface area contributed by atoms with Gasteiger partial charge >= 0.3 is 0 Å². The molecule has 32 heavy (non-hydrogen) atoms. The molecule has 1 spiro atoms. The third-order valence-electron chi connectivity index (χ3n) is 6.68. The van der Waals surface area contributed by atoms with Crippen molar-refractivity contribution in [3.63, 3.8) is 0 Å². The second-order valence-electron chi connectivity index (χ2n) is 8.40. The molecule has 2 fully saturated rings. The fourth-order valence-corrected chi connectivity index (χ4v) is 5.30. The summed E-state index contributed by atoms with van der Waals surface area (Å²) in [6.07, 6.45) is 0.345. The van der Waals surface area contributed by atoms with Crippen molar-refractivity contribution in [1.29, 1.82) is 0 Å². The number of ether oxygens (including phenoxy) is 1. The van der Waals surface area contributed by atoms with Crippen molar-refractivity contribution in [2.75, 3.05) is 25.6 Å². The minimum atomic E-state index is -1.54. The van der Waals surface area contributed by atoms with Gasteiger partial charge in [0.25, 0.3) is 0 Å². The molecule has 0 radical (unpaired) electrons. The lowest BCUT2D eigenvalue weighted by atomic mass is 9.76. The van der Waals surface area contributed by atoms with Crippen LogP contribution < -0.4 is 10.6 Å². The number of nitrogens with zero attached hydrogens (tertiary/aromatic N) is 1. The number of phenolic OH excluding ortho intramolecular Hbond substituents is 1. The molecule has 5 rings (SSSR count). The molecule has 3 N–H and O–H groups in total. The van der Waals surface area contributed by atoms with Crippen molar-refractivity contribution in [1.82, 2.24) is 10.2 Å². The van der Waals surface area contributed by atoms with E-state index < -0.39 is 41.0 Å². The van der Waals surface area contributed by atoms with Crippen LogP contribution in [-0.2, 0) is 31.1 Å². The van der Waals surface area contributed by atoms with E-state index in [4.69, 9.17) is 4.74 Å². The summed E-state index contributed by atoms with van der Waals surface area (Å²) < 4.78 is 19.3. The van der Waals surface area contributed by atoms with E-state index in [2.05, 4.69) is 10.6 Å². The average molecular weight is 439 g/mol. The Labute approximate surface area is 183 Å². The third-order valence-corrected chi connectivity index (χ3v) is 6.68. The van der Waals surface area contributed by atoms with Crippen LogP contribution in [0.2, 0.25) is 0 Å². The third kappa shape index (κ3) is 2.85. The van der Waals surface area contributed by atoms with Crippen molar-refractivity contribution in [2.45, 2.75) is 18.0 Å². The molecule has 0 saturated carbocycles. The predicted octanol–water partition coefficient (Wildman–Crippen LogP) is 1.14. The number of anilines is 1. The molecule has 0 aromatic heterocycles. The normalized spacial score (nSPS) is 28.4. The van der Waals surface area contributed by atoms with Crippen molar-refractivity contribution in [3.05, 3.63) is 59.4 Å². The van der Waals surface area contributed by atoms with Gasteiger partial charge in [-0.1, -0.05) is 12.1 Å². The summed E-state index contributed by atoms with van der Waals surface area (Å²) in [5.41, 5.74) is 0.0339. The molecule has 4 atom stereocenters. The largest absolute Gasteiger partial charge is 0.508 e. The van der Waals surface area contributed by atoms with Gasteiger partial charge < -0.3 is 15.2 Å². The first-order valence-electron chi connectivity index (χ1n) is 10.4. The van der Waals surface area contributed by atoms with Gasteiger partial charge in [0.1, 0.15) is 17.1 Å². The van der Waals surface area contributed by atoms with Gasteiger partial charge in [0, 0.05) is 24.4 Å². The SMILES string of the molecule is COCCN1C(=O)[C@H]2[C@@H](C1=O)[C@]1(N[C@@H]2Cc2ccc(O)cc2)C(=O)Nc2ccc(F)cc21. The van der Waals surface area contributed by atoms with Gasteiger partial charge in [0.15, 0.2) is 0 Å². The van der Waals surface area contributed by atoms with E-state index in [0.29, 0.717) is 17.7 Å². The Balaban J connectivity index is 1.61. The van der Waals surface area contributed by atoms with Crippen LogP contribution in [0, 0.1) is 17.7 Å². The molecule has 2 aromatic carbocycles. The number of nitrogens with one attached hydrogen (secondary N) is 2. The lowest BCUT2D eigenvalue weighted by Crippen LogP contribution is -2.53. The monoisotopic (exact) mass is 439 g/mol.